The van der Waals surface area contributed by atoms with Crippen LogP contribution in [0.3, 0.4) is 0 Å². The molecule has 0 saturated carbocycles. The Morgan fingerprint density at radius 1 is 1.06 bits per heavy atom. The van der Waals surface area contributed by atoms with Crippen molar-refractivity contribution in [1.29, 1.82) is 0 Å². The summed E-state index contributed by atoms with van der Waals surface area (Å²) >= 11 is 0. The van der Waals surface area contributed by atoms with Gasteiger partial charge < -0.3 is 19.2 Å². The number of nitrogens with one attached hydrogen (secondary N) is 1. The third kappa shape index (κ3) is 5.71. The number of rotatable bonds is 8. The summed E-state index contributed by atoms with van der Waals surface area (Å²) in [6.45, 7) is 6.95. The highest BCUT2D eigenvalue weighted by molar-refractivity contribution is 6.08. The zero-order valence-corrected chi connectivity index (χ0v) is 20.0. The number of furan rings is 1. The summed E-state index contributed by atoms with van der Waals surface area (Å²) in [7, 11) is 0. The Morgan fingerprint density at radius 3 is 2.49 bits per heavy atom. The van der Waals surface area contributed by atoms with E-state index in [9.17, 15) is 14.4 Å². The summed E-state index contributed by atoms with van der Waals surface area (Å²) in [4.78, 5) is 40.0. The molecule has 4 rings (SSSR count). The van der Waals surface area contributed by atoms with Gasteiger partial charge in [-0.25, -0.2) is 9.59 Å². The van der Waals surface area contributed by atoms with Gasteiger partial charge in [0, 0.05) is 18.2 Å². The lowest BCUT2D eigenvalue weighted by Crippen LogP contribution is -2.29. The van der Waals surface area contributed by atoms with E-state index in [0.29, 0.717) is 12.0 Å². The molecule has 0 unspecified atom stereocenters. The van der Waals surface area contributed by atoms with E-state index < -0.39 is 18.0 Å². The van der Waals surface area contributed by atoms with Crippen molar-refractivity contribution >= 4 is 34.9 Å². The molecular weight excluding hydrogens is 452 g/mol. The Kier molecular flexibility index (Phi) is 7.81. The van der Waals surface area contributed by atoms with Crippen LogP contribution < -0.4 is 5.32 Å². The van der Waals surface area contributed by atoms with E-state index in [2.05, 4.69) is 15.3 Å². The number of piperidine rings is 1. The maximum absolute atomic E-state index is 12.9. The minimum Gasteiger partial charge on any atom is -0.460 e. The Labute approximate surface area is 203 Å². The highest BCUT2D eigenvalue weighted by Gasteiger charge is 2.25. The van der Waals surface area contributed by atoms with Crippen LogP contribution in [0.15, 0.2) is 34.7 Å². The van der Waals surface area contributed by atoms with Crippen LogP contribution in [-0.2, 0) is 16.0 Å². The van der Waals surface area contributed by atoms with E-state index in [1.165, 1.54) is 25.3 Å². The summed E-state index contributed by atoms with van der Waals surface area (Å²) < 4.78 is 16.7. The molecule has 0 atom stereocenters. The van der Waals surface area contributed by atoms with Crippen molar-refractivity contribution < 1.29 is 28.3 Å². The minimum absolute atomic E-state index is 0.00462. The second-order valence-electron chi connectivity index (χ2n) is 8.41. The molecule has 10 heteroatoms. The number of hydrogen-bond acceptors (Lipinski definition) is 8. The molecule has 3 heterocycles. The lowest BCUT2D eigenvalue weighted by Gasteiger charge is -2.26. The van der Waals surface area contributed by atoms with E-state index >= 15 is 0 Å². The van der Waals surface area contributed by atoms with Crippen LogP contribution in [0.25, 0.3) is 11.1 Å². The molecule has 1 saturated heterocycles. The van der Waals surface area contributed by atoms with E-state index in [1.54, 1.807) is 19.1 Å². The van der Waals surface area contributed by atoms with Crippen molar-refractivity contribution in [3.8, 4) is 0 Å². The van der Waals surface area contributed by atoms with Gasteiger partial charge in [0.1, 0.15) is 5.52 Å². The molecule has 1 amide bonds. The lowest BCUT2D eigenvalue weighted by molar-refractivity contribution is 0.0471. The van der Waals surface area contributed by atoms with E-state index in [0.717, 1.165) is 29.9 Å². The molecule has 1 fully saturated rings. The van der Waals surface area contributed by atoms with E-state index in [-0.39, 0.29) is 35.9 Å². The number of esters is 1. The van der Waals surface area contributed by atoms with Crippen molar-refractivity contribution in [2.24, 2.45) is 0 Å². The third-order valence-corrected chi connectivity index (χ3v) is 5.74. The van der Waals surface area contributed by atoms with Gasteiger partial charge in [-0.3, -0.25) is 9.69 Å². The Bertz CT molecular complexity index is 1190. The zero-order chi connectivity index (χ0) is 24.8. The monoisotopic (exact) mass is 482 g/mol. The molecule has 10 nitrogen and oxygen atoms in total. The largest absolute Gasteiger partial charge is 0.460 e. The summed E-state index contributed by atoms with van der Waals surface area (Å²) in [5.41, 5.74) is 1.84. The first-order valence-corrected chi connectivity index (χ1v) is 12.0. The SMILES string of the molecule is CCCOC(=O)c1cc2c(o1)c(NC(=O)c1ccc(CN3CCCCC3)cc1)nn2C(=O)OCC. The van der Waals surface area contributed by atoms with Gasteiger partial charge in [-0.2, -0.15) is 4.68 Å². The molecule has 186 valence electrons. The number of benzene rings is 1. The van der Waals surface area contributed by atoms with Crippen LogP contribution in [-0.4, -0.2) is 59.0 Å². The predicted octanol–water partition coefficient (Wildman–Crippen LogP) is 4.44. The number of likely N-dealkylation sites (tertiary alicyclic amines) is 1. The van der Waals surface area contributed by atoms with E-state index in [4.69, 9.17) is 13.9 Å². The van der Waals surface area contributed by atoms with Gasteiger partial charge in [-0.05, 0) is 57.0 Å². The number of hydrogen-bond donors (Lipinski definition) is 1. The second-order valence-corrected chi connectivity index (χ2v) is 8.41. The maximum atomic E-state index is 12.9. The third-order valence-electron chi connectivity index (χ3n) is 5.74. The normalized spacial score (nSPS) is 14.1. The standard InChI is InChI=1S/C25H30N4O6/c1-3-14-34-24(31)20-15-19-21(35-20)22(27-29(19)25(32)33-4-2)26-23(30)18-10-8-17(9-11-18)16-28-12-6-5-7-13-28/h8-11,15H,3-7,12-14,16H2,1-2H3,(H,26,27,30). The van der Waals surface area contributed by atoms with Gasteiger partial charge in [-0.1, -0.05) is 25.5 Å². The average molecular weight is 483 g/mol. The highest BCUT2D eigenvalue weighted by atomic mass is 16.6. The van der Waals surface area contributed by atoms with Crippen molar-refractivity contribution in [1.82, 2.24) is 14.7 Å². The second kappa shape index (κ2) is 11.2. The quantitative estimate of drug-likeness (QED) is 0.469. The van der Waals surface area contributed by atoms with Crippen LogP contribution in [0.2, 0.25) is 0 Å². The number of carbonyl (C=O) groups is 3. The molecule has 1 aliphatic heterocycles. The first-order chi connectivity index (χ1) is 17.0. The number of amides is 1. The lowest BCUT2D eigenvalue weighted by atomic mass is 10.1. The van der Waals surface area contributed by atoms with Crippen LogP contribution in [0.4, 0.5) is 10.6 Å². The molecule has 2 aromatic heterocycles. The van der Waals surface area contributed by atoms with Gasteiger partial charge in [0.05, 0.1) is 13.2 Å². The Hall–Kier alpha value is -3.66. The number of carbonyl (C=O) groups excluding carboxylic acids is 3. The number of ether oxygens (including phenoxy) is 2. The summed E-state index contributed by atoms with van der Waals surface area (Å²) in [6, 6.07) is 8.73. The van der Waals surface area contributed by atoms with Crippen LogP contribution in [0.1, 0.15) is 66.0 Å². The fraction of sp³-hybridized carbons (Fsp3) is 0.440. The molecule has 0 bridgehead atoms. The smallest absolute Gasteiger partial charge is 0.435 e. The van der Waals surface area contributed by atoms with Crippen molar-refractivity contribution in [3.05, 3.63) is 47.2 Å². The number of anilines is 1. The topological polar surface area (TPSA) is 116 Å². The molecule has 1 aliphatic rings. The van der Waals surface area contributed by atoms with Crippen LogP contribution in [0.5, 0.6) is 0 Å². The van der Waals surface area contributed by atoms with Gasteiger partial charge in [-0.15, -0.1) is 5.10 Å². The molecule has 0 radical (unpaired) electrons. The number of nitrogens with zero attached hydrogens (tertiary/aromatic N) is 3. The van der Waals surface area contributed by atoms with Crippen LogP contribution in [0, 0.1) is 0 Å². The van der Waals surface area contributed by atoms with Gasteiger partial charge in [0.25, 0.3) is 5.91 Å². The molecular formula is C25H30N4O6. The maximum Gasteiger partial charge on any atom is 0.435 e. The van der Waals surface area contributed by atoms with Crippen molar-refractivity contribution in [3.63, 3.8) is 0 Å². The fourth-order valence-corrected chi connectivity index (χ4v) is 4.00. The first kappa shape index (κ1) is 24.5. The Morgan fingerprint density at radius 2 is 1.80 bits per heavy atom. The minimum atomic E-state index is -0.755. The molecule has 35 heavy (non-hydrogen) atoms. The van der Waals surface area contributed by atoms with Crippen molar-refractivity contribution in [2.75, 3.05) is 31.6 Å². The van der Waals surface area contributed by atoms with Gasteiger partial charge in [0.15, 0.2) is 11.4 Å². The summed E-state index contributed by atoms with van der Waals surface area (Å²) in [5.74, 6) is -1.18. The number of fused-ring (bicyclic) bond motifs is 1. The zero-order valence-electron chi connectivity index (χ0n) is 20.0. The molecule has 1 N–H and O–H groups in total. The Balaban J connectivity index is 1.54. The highest BCUT2D eigenvalue weighted by Crippen LogP contribution is 2.28. The molecule has 0 aliphatic carbocycles. The molecule has 1 aromatic carbocycles. The first-order valence-electron chi connectivity index (χ1n) is 12.0. The van der Waals surface area contributed by atoms with E-state index in [1.807, 2.05) is 19.1 Å². The summed E-state index contributed by atoms with van der Waals surface area (Å²) in [6.07, 6.45) is 3.62. The summed E-state index contributed by atoms with van der Waals surface area (Å²) in [5, 5.41) is 6.83. The molecule has 3 aromatic rings. The number of aromatic nitrogens is 2. The van der Waals surface area contributed by atoms with Gasteiger partial charge in [0.2, 0.25) is 5.76 Å². The van der Waals surface area contributed by atoms with Crippen molar-refractivity contribution in [2.45, 2.75) is 46.1 Å². The predicted molar refractivity (Wildman–Crippen MR) is 129 cm³/mol. The average Bonchev–Trinajstić information content (AvgIpc) is 3.44. The molecule has 0 spiro atoms. The van der Waals surface area contributed by atoms with Gasteiger partial charge >= 0.3 is 12.1 Å². The van der Waals surface area contributed by atoms with Crippen LogP contribution >= 0.6 is 0 Å². The fourth-order valence-electron chi connectivity index (χ4n) is 4.00.